The summed E-state index contributed by atoms with van der Waals surface area (Å²) in [5, 5.41) is 13.5. The van der Waals surface area contributed by atoms with Crippen molar-refractivity contribution >= 4 is 32.4 Å². The van der Waals surface area contributed by atoms with Gasteiger partial charge in [-0.1, -0.05) is 46.3 Å². The third-order valence-corrected chi connectivity index (χ3v) is 4.01. The second-order valence-corrected chi connectivity index (χ2v) is 5.75. The van der Waals surface area contributed by atoms with Crippen molar-refractivity contribution in [2.45, 2.75) is 26.3 Å². The van der Waals surface area contributed by atoms with Crippen LogP contribution in [0, 0.1) is 0 Å². The molecule has 0 aliphatic carbocycles. The first-order chi connectivity index (χ1) is 8.19. The number of nitrogens with zero attached hydrogens (tertiary/aromatic N) is 2. The van der Waals surface area contributed by atoms with E-state index in [1.54, 1.807) is 11.3 Å². The molecule has 5 heteroatoms. The molecule has 1 unspecified atom stereocenters. The number of nitrogens with one attached hydrogen (secondary N) is 1. The van der Waals surface area contributed by atoms with Crippen LogP contribution in [0.3, 0.4) is 0 Å². The lowest BCUT2D eigenvalue weighted by atomic mass is 10.1. The summed E-state index contributed by atoms with van der Waals surface area (Å²) in [6, 6.07) is 8.53. The van der Waals surface area contributed by atoms with Crippen LogP contribution in [0.5, 0.6) is 0 Å². The van der Waals surface area contributed by atoms with Crippen LogP contribution in [0.15, 0.2) is 28.7 Å². The minimum Gasteiger partial charge on any atom is -0.354 e. The fourth-order valence-electron chi connectivity index (χ4n) is 1.47. The Bertz CT molecular complexity index is 481. The van der Waals surface area contributed by atoms with Gasteiger partial charge in [0.05, 0.1) is 6.04 Å². The molecule has 1 aromatic carbocycles. The van der Waals surface area contributed by atoms with Crippen LogP contribution in [-0.4, -0.2) is 10.2 Å². The number of anilines is 1. The molecule has 1 aromatic heterocycles. The monoisotopic (exact) mass is 311 g/mol. The third kappa shape index (κ3) is 3.26. The summed E-state index contributed by atoms with van der Waals surface area (Å²) in [5.41, 5.74) is 1.24. The van der Waals surface area contributed by atoms with Crippen LogP contribution < -0.4 is 5.32 Å². The van der Waals surface area contributed by atoms with E-state index in [2.05, 4.69) is 57.4 Å². The predicted molar refractivity (Wildman–Crippen MR) is 75.5 cm³/mol. The number of hydrogen-bond donors (Lipinski definition) is 1. The summed E-state index contributed by atoms with van der Waals surface area (Å²) in [5.74, 6) is 0. The quantitative estimate of drug-likeness (QED) is 0.926. The standard InChI is InChI=1S/C12H14BrN3S/c1-3-11-15-16-12(17-11)14-8(2)9-4-6-10(13)7-5-9/h4-8H,3H2,1-2H3,(H,14,16). The molecule has 1 N–H and O–H groups in total. The van der Waals surface area contributed by atoms with Crippen molar-refractivity contribution in [2.24, 2.45) is 0 Å². The molecular weight excluding hydrogens is 298 g/mol. The van der Waals surface area contributed by atoms with Crippen molar-refractivity contribution in [1.82, 2.24) is 10.2 Å². The highest BCUT2D eigenvalue weighted by molar-refractivity contribution is 9.10. The number of aryl methyl sites for hydroxylation is 1. The van der Waals surface area contributed by atoms with E-state index in [9.17, 15) is 0 Å². The second kappa shape index (κ2) is 5.60. The molecule has 0 aliphatic rings. The van der Waals surface area contributed by atoms with Gasteiger partial charge in [-0.15, -0.1) is 10.2 Å². The van der Waals surface area contributed by atoms with Gasteiger partial charge in [0.15, 0.2) is 0 Å². The van der Waals surface area contributed by atoms with Crippen LogP contribution in [0.4, 0.5) is 5.13 Å². The topological polar surface area (TPSA) is 37.8 Å². The minimum absolute atomic E-state index is 0.237. The Morgan fingerprint density at radius 2 is 2.00 bits per heavy atom. The second-order valence-electron chi connectivity index (χ2n) is 3.77. The summed E-state index contributed by atoms with van der Waals surface area (Å²) in [4.78, 5) is 0. The van der Waals surface area contributed by atoms with Gasteiger partial charge in [0.2, 0.25) is 5.13 Å². The first-order valence-corrected chi connectivity index (χ1v) is 7.14. The number of aromatic nitrogens is 2. The Morgan fingerprint density at radius 1 is 1.29 bits per heavy atom. The number of benzene rings is 1. The van der Waals surface area contributed by atoms with Crippen LogP contribution in [0.1, 0.15) is 30.5 Å². The maximum Gasteiger partial charge on any atom is 0.206 e. The zero-order chi connectivity index (χ0) is 12.3. The average molecular weight is 312 g/mol. The van der Waals surface area contributed by atoms with Gasteiger partial charge in [0.25, 0.3) is 0 Å². The normalized spacial score (nSPS) is 12.4. The molecule has 0 spiro atoms. The largest absolute Gasteiger partial charge is 0.354 e. The molecular formula is C12H14BrN3S. The molecule has 2 rings (SSSR count). The first kappa shape index (κ1) is 12.5. The Labute approximate surface area is 113 Å². The molecule has 17 heavy (non-hydrogen) atoms. The Kier molecular flexibility index (Phi) is 4.12. The molecule has 1 atom stereocenters. The molecule has 3 nitrogen and oxygen atoms in total. The van der Waals surface area contributed by atoms with Gasteiger partial charge in [-0.25, -0.2) is 0 Å². The zero-order valence-electron chi connectivity index (χ0n) is 9.77. The van der Waals surface area contributed by atoms with E-state index >= 15 is 0 Å². The minimum atomic E-state index is 0.237. The van der Waals surface area contributed by atoms with E-state index in [1.807, 2.05) is 12.1 Å². The van der Waals surface area contributed by atoms with Crippen molar-refractivity contribution in [3.8, 4) is 0 Å². The van der Waals surface area contributed by atoms with Gasteiger partial charge < -0.3 is 5.32 Å². The molecule has 2 aromatic rings. The van der Waals surface area contributed by atoms with Crippen molar-refractivity contribution in [3.63, 3.8) is 0 Å². The van der Waals surface area contributed by atoms with Crippen molar-refractivity contribution in [1.29, 1.82) is 0 Å². The van der Waals surface area contributed by atoms with Gasteiger partial charge in [-0.2, -0.15) is 0 Å². The van der Waals surface area contributed by atoms with E-state index < -0.39 is 0 Å². The number of hydrogen-bond acceptors (Lipinski definition) is 4. The molecule has 90 valence electrons. The maximum atomic E-state index is 4.12. The summed E-state index contributed by atoms with van der Waals surface area (Å²) in [6.07, 6.45) is 0.937. The smallest absolute Gasteiger partial charge is 0.206 e. The number of halogens is 1. The van der Waals surface area contributed by atoms with E-state index in [0.29, 0.717) is 0 Å². The predicted octanol–water partition coefficient (Wildman–Crippen LogP) is 4.04. The van der Waals surface area contributed by atoms with Crippen LogP contribution >= 0.6 is 27.3 Å². The molecule has 0 radical (unpaired) electrons. The lowest BCUT2D eigenvalue weighted by molar-refractivity contribution is 0.870. The molecule has 0 aliphatic heterocycles. The molecule has 1 heterocycles. The van der Waals surface area contributed by atoms with E-state index in [-0.39, 0.29) is 6.04 Å². The van der Waals surface area contributed by atoms with Crippen molar-refractivity contribution < 1.29 is 0 Å². The first-order valence-electron chi connectivity index (χ1n) is 5.53. The fraction of sp³-hybridized carbons (Fsp3) is 0.333. The summed E-state index contributed by atoms with van der Waals surface area (Å²) >= 11 is 5.05. The highest BCUT2D eigenvalue weighted by Gasteiger charge is 2.08. The van der Waals surface area contributed by atoms with E-state index in [0.717, 1.165) is 21.0 Å². The van der Waals surface area contributed by atoms with Gasteiger partial charge in [-0.3, -0.25) is 0 Å². The van der Waals surface area contributed by atoms with Gasteiger partial charge in [-0.05, 0) is 31.0 Å². The van der Waals surface area contributed by atoms with Crippen molar-refractivity contribution in [2.75, 3.05) is 5.32 Å². The lowest BCUT2D eigenvalue weighted by Gasteiger charge is -2.12. The third-order valence-electron chi connectivity index (χ3n) is 2.48. The molecule has 0 amide bonds. The fourth-order valence-corrected chi connectivity index (χ4v) is 2.51. The van der Waals surface area contributed by atoms with Gasteiger partial charge >= 0.3 is 0 Å². The van der Waals surface area contributed by atoms with Gasteiger partial charge in [0.1, 0.15) is 5.01 Å². The summed E-state index contributed by atoms with van der Waals surface area (Å²) in [7, 11) is 0. The highest BCUT2D eigenvalue weighted by Crippen LogP contribution is 2.23. The van der Waals surface area contributed by atoms with Crippen LogP contribution in [-0.2, 0) is 6.42 Å². The SMILES string of the molecule is CCc1nnc(NC(C)c2ccc(Br)cc2)s1. The Balaban J connectivity index is 2.05. The van der Waals surface area contributed by atoms with E-state index in [1.165, 1.54) is 5.56 Å². The lowest BCUT2D eigenvalue weighted by Crippen LogP contribution is -2.05. The zero-order valence-corrected chi connectivity index (χ0v) is 12.2. The van der Waals surface area contributed by atoms with Crippen molar-refractivity contribution in [3.05, 3.63) is 39.3 Å². The summed E-state index contributed by atoms with van der Waals surface area (Å²) < 4.78 is 1.10. The van der Waals surface area contributed by atoms with Gasteiger partial charge in [0, 0.05) is 4.47 Å². The van der Waals surface area contributed by atoms with Crippen LogP contribution in [0.25, 0.3) is 0 Å². The average Bonchev–Trinajstić information content (AvgIpc) is 2.77. The number of rotatable bonds is 4. The summed E-state index contributed by atoms with van der Waals surface area (Å²) in [6.45, 7) is 4.21. The maximum absolute atomic E-state index is 4.12. The molecule has 0 saturated heterocycles. The molecule has 0 saturated carbocycles. The van der Waals surface area contributed by atoms with Crippen LogP contribution in [0.2, 0.25) is 0 Å². The molecule has 0 fully saturated rings. The Morgan fingerprint density at radius 3 is 2.59 bits per heavy atom. The highest BCUT2D eigenvalue weighted by atomic mass is 79.9. The molecule has 0 bridgehead atoms. The van der Waals surface area contributed by atoms with E-state index in [4.69, 9.17) is 0 Å². The Hall–Kier alpha value is -0.940.